The number of hydrogen-bond donors (Lipinski definition) is 2. The summed E-state index contributed by atoms with van der Waals surface area (Å²) in [6.07, 6.45) is 2.64. The molecule has 1 aromatic carbocycles. The van der Waals surface area contributed by atoms with Gasteiger partial charge in [-0.15, -0.1) is 0 Å². The van der Waals surface area contributed by atoms with Gasteiger partial charge in [-0.2, -0.15) is 0 Å². The Morgan fingerprint density at radius 1 is 1.31 bits per heavy atom. The highest BCUT2D eigenvalue weighted by atomic mass is 16.3. The second-order valence-electron chi connectivity index (χ2n) is 8.90. The van der Waals surface area contributed by atoms with Crippen LogP contribution in [-0.4, -0.2) is 41.0 Å². The highest BCUT2D eigenvalue weighted by Crippen LogP contribution is 2.57. The number of benzene rings is 1. The van der Waals surface area contributed by atoms with E-state index < -0.39 is 0 Å². The fourth-order valence-corrected chi connectivity index (χ4v) is 5.37. The smallest absolute Gasteiger partial charge is 0.227 e. The third-order valence-corrected chi connectivity index (χ3v) is 7.53. The van der Waals surface area contributed by atoms with Crippen molar-refractivity contribution in [2.75, 3.05) is 13.1 Å². The molecule has 0 spiro atoms. The number of hydrogen-bond acceptors (Lipinski definition) is 3. The van der Waals surface area contributed by atoms with E-state index in [2.05, 4.69) is 32.2 Å². The second kappa shape index (κ2) is 5.73. The molecule has 1 unspecified atom stereocenters. The Balaban J connectivity index is 1.69. The number of likely N-dealkylation sites (tertiary alicyclic amines) is 1. The minimum absolute atomic E-state index is 0.0390. The topological polar surface area (TPSA) is 69.6 Å². The molecule has 3 aliphatic rings. The average Bonchev–Trinajstić information content (AvgIpc) is 2.59. The summed E-state index contributed by atoms with van der Waals surface area (Å²) >= 11 is 0. The predicted octanol–water partition coefficient (Wildman–Crippen LogP) is 2.36. The maximum absolute atomic E-state index is 13.3. The van der Waals surface area contributed by atoms with Crippen LogP contribution in [0.4, 0.5) is 0 Å². The van der Waals surface area contributed by atoms with E-state index in [1.807, 2.05) is 11.0 Å². The lowest BCUT2D eigenvalue weighted by atomic mass is 9.51. The Morgan fingerprint density at radius 2 is 2.08 bits per heavy atom. The fourth-order valence-electron chi connectivity index (χ4n) is 5.37. The van der Waals surface area contributed by atoms with Crippen molar-refractivity contribution in [2.24, 2.45) is 11.3 Å². The molecule has 26 heavy (non-hydrogen) atoms. The Morgan fingerprint density at radius 3 is 2.77 bits per heavy atom. The normalized spacial score (nSPS) is 32.6. The standard InChI is InChI=1S/C21H28N2O3/c1-20(2)17-11-14-15(5-4-6-16(14)24)21(20,3)9-10-23(17)19(26)13-7-8-18(25)22-12-13/h4-6,13,17,24H,7-12H2,1-3H3,(H,22,25)/t13?,17-,21+/m1/s1. The molecular formula is C21H28N2O3. The van der Waals surface area contributed by atoms with Crippen LogP contribution in [0.2, 0.25) is 0 Å². The maximum atomic E-state index is 13.3. The van der Waals surface area contributed by atoms with E-state index in [4.69, 9.17) is 0 Å². The van der Waals surface area contributed by atoms with E-state index in [1.165, 1.54) is 5.56 Å². The molecule has 2 N–H and O–H groups in total. The van der Waals surface area contributed by atoms with Crippen LogP contribution in [0.15, 0.2) is 18.2 Å². The van der Waals surface area contributed by atoms with Crippen molar-refractivity contribution in [2.45, 2.75) is 57.9 Å². The maximum Gasteiger partial charge on any atom is 0.227 e. The summed E-state index contributed by atoms with van der Waals surface area (Å²) in [5.41, 5.74) is 2.07. The molecule has 0 aromatic heterocycles. The second-order valence-corrected chi connectivity index (χ2v) is 8.90. The van der Waals surface area contributed by atoms with Crippen LogP contribution in [0.3, 0.4) is 0 Å². The zero-order valence-electron chi connectivity index (χ0n) is 15.8. The lowest BCUT2D eigenvalue weighted by Gasteiger charge is -2.61. The molecule has 5 heteroatoms. The summed E-state index contributed by atoms with van der Waals surface area (Å²) in [4.78, 5) is 26.7. The van der Waals surface area contributed by atoms with Gasteiger partial charge in [0, 0.05) is 31.0 Å². The Hall–Kier alpha value is -2.04. The molecule has 2 heterocycles. The van der Waals surface area contributed by atoms with Gasteiger partial charge in [0.25, 0.3) is 0 Å². The van der Waals surface area contributed by atoms with Crippen molar-refractivity contribution in [1.29, 1.82) is 0 Å². The summed E-state index contributed by atoms with van der Waals surface area (Å²) in [6, 6.07) is 5.88. The molecule has 2 bridgehead atoms. The highest BCUT2D eigenvalue weighted by molar-refractivity contribution is 5.84. The van der Waals surface area contributed by atoms with Gasteiger partial charge < -0.3 is 15.3 Å². The van der Waals surface area contributed by atoms with E-state index >= 15 is 0 Å². The molecule has 1 aliphatic carbocycles. The summed E-state index contributed by atoms with van der Waals surface area (Å²) in [5, 5.41) is 13.3. The molecule has 3 atom stereocenters. The molecule has 1 aromatic rings. The number of phenols is 1. The number of nitrogens with zero attached hydrogens (tertiary/aromatic N) is 1. The summed E-state index contributed by atoms with van der Waals surface area (Å²) in [5.74, 6) is 0.410. The molecule has 2 saturated heterocycles. The lowest BCUT2D eigenvalue weighted by molar-refractivity contribution is -0.149. The van der Waals surface area contributed by atoms with Crippen LogP contribution >= 0.6 is 0 Å². The number of rotatable bonds is 1. The third-order valence-electron chi connectivity index (χ3n) is 7.53. The number of phenolic OH excluding ortho intramolecular Hbond substituents is 1. The highest BCUT2D eigenvalue weighted by Gasteiger charge is 2.57. The number of carbonyl (C=O) groups excluding carboxylic acids is 2. The van der Waals surface area contributed by atoms with E-state index in [0.717, 1.165) is 18.5 Å². The zero-order chi connectivity index (χ0) is 18.7. The third kappa shape index (κ3) is 2.29. The van der Waals surface area contributed by atoms with Crippen LogP contribution in [-0.2, 0) is 21.4 Å². The van der Waals surface area contributed by atoms with Gasteiger partial charge in [0.05, 0.1) is 5.92 Å². The number of nitrogens with one attached hydrogen (secondary N) is 1. The average molecular weight is 356 g/mol. The van der Waals surface area contributed by atoms with Gasteiger partial charge in [-0.1, -0.05) is 32.9 Å². The quantitative estimate of drug-likeness (QED) is 0.812. The number of piperidine rings is 2. The van der Waals surface area contributed by atoms with E-state index in [9.17, 15) is 14.7 Å². The fraction of sp³-hybridized carbons (Fsp3) is 0.619. The Bertz CT molecular complexity index is 763. The largest absolute Gasteiger partial charge is 0.508 e. The Kier molecular flexibility index (Phi) is 3.83. The molecule has 0 saturated carbocycles. The van der Waals surface area contributed by atoms with E-state index in [-0.39, 0.29) is 34.6 Å². The molecule has 2 aliphatic heterocycles. The van der Waals surface area contributed by atoms with E-state index in [1.54, 1.807) is 6.07 Å². The van der Waals surface area contributed by atoms with Crippen molar-refractivity contribution in [3.8, 4) is 5.75 Å². The van der Waals surface area contributed by atoms with Gasteiger partial charge in [0.1, 0.15) is 5.75 Å². The van der Waals surface area contributed by atoms with Gasteiger partial charge in [0.2, 0.25) is 11.8 Å². The first-order valence-corrected chi connectivity index (χ1v) is 9.64. The van der Waals surface area contributed by atoms with Gasteiger partial charge in [-0.25, -0.2) is 0 Å². The number of aromatic hydroxyl groups is 1. The molecule has 5 nitrogen and oxygen atoms in total. The van der Waals surface area contributed by atoms with Gasteiger partial charge in [-0.05, 0) is 41.9 Å². The van der Waals surface area contributed by atoms with Crippen molar-refractivity contribution < 1.29 is 14.7 Å². The van der Waals surface area contributed by atoms with Crippen molar-refractivity contribution >= 4 is 11.8 Å². The monoisotopic (exact) mass is 356 g/mol. The van der Waals surface area contributed by atoms with Gasteiger partial charge >= 0.3 is 0 Å². The van der Waals surface area contributed by atoms with Crippen LogP contribution in [0.5, 0.6) is 5.75 Å². The van der Waals surface area contributed by atoms with Crippen LogP contribution in [0.25, 0.3) is 0 Å². The zero-order valence-corrected chi connectivity index (χ0v) is 15.8. The van der Waals surface area contributed by atoms with Crippen LogP contribution in [0.1, 0.15) is 51.2 Å². The first kappa shape index (κ1) is 17.4. The number of amides is 2. The van der Waals surface area contributed by atoms with E-state index in [0.29, 0.717) is 31.6 Å². The van der Waals surface area contributed by atoms with Crippen LogP contribution in [0, 0.1) is 11.3 Å². The number of carbonyl (C=O) groups is 2. The molecule has 2 amide bonds. The molecule has 0 radical (unpaired) electrons. The lowest BCUT2D eigenvalue weighted by Crippen LogP contribution is -2.66. The summed E-state index contributed by atoms with van der Waals surface area (Å²) in [7, 11) is 0. The summed E-state index contributed by atoms with van der Waals surface area (Å²) < 4.78 is 0. The number of fused-ring (bicyclic) bond motifs is 4. The van der Waals surface area contributed by atoms with Crippen molar-refractivity contribution in [3.05, 3.63) is 29.3 Å². The molecular weight excluding hydrogens is 328 g/mol. The Labute approximate surface area is 154 Å². The molecule has 140 valence electrons. The van der Waals surface area contributed by atoms with Gasteiger partial charge in [0.15, 0.2) is 0 Å². The SMILES string of the molecule is CC1(C)[C@H]2Cc3c(O)cccc3[C@]1(C)CCN2C(=O)C1CCC(=O)NC1. The van der Waals surface area contributed by atoms with Crippen molar-refractivity contribution in [3.63, 3.8) is 0 Å². The minimum atomic E-state index is -0.126. The van der Waals surface area contributed by atoms with Gasteiger partial charge in [-0.3, -0.25) is 9.59 Å². The summed E-state index contributed by atoms with van der Waals surface area (Å²) in [6.45, 7) is 7.98. The first-order chi connectivity index (χ1) is 12.3. The molecule has 4 rings (SSSR count). The first-order valence-electron chi connectivity index (χ1n) is 9.64. The molecule has 2 fully saturated rings. The minimum Gasteiger partial charge on any atom is -0.508 e. The van der Waals surface area contributed by atoms with Crippen molar-refractivity contribution in [1.82, 2.24) is 10.2 Å². The predicted molar refractivity (Wildman–Crippen MR) is 98.8 cm³/mol. The van der Waals surface area contributed by atoms with Crippen LogP contribution < -0.4 is 5.32 Å².